The summed E-state index contributed by atoms with van der Waals surface area (Å²) in [6.07, 6.45) is 4.28. The molecule has 1 unspecified atom stereocenters. The molecule has 0 spiro atoms. The van der Waals surface area contributed by atoms with E-state index in [4.69, 9.17) is 10.2 Å². The molecule has 1 aliphatic rings. The van der Waals surface area contributed by atoms with Crippen molar-refractivity contribution in [2.45, 2.75) is 18.9 Å². The molecule has 0 bridgehead atoms. The van der Waals surface area contributed by atoms with Gasteiger partial charge in [-0.25, -0.2) is 0 Å². The second kappa shape index (κ2) is 2.85. The Morgan fingerprint density at radius 1 is 1.29 bits per heavy atom. The van der Waals surface area contributed by atoms with Crippen molar-refractivity contribution in [2.75, 3.05) is 0 Å². The maximum atomic E-state index is 6.18. The van der Waals surface area contributed by atoms with E-state index in [1.807, 2.05) is 18.2 Å². The Labute approximate surface area is 82.7 Å². The Morgan fingerprint density at radius 3 is 2.93 bits per heavy atom. The van der Waals surface area contributed by atoms with Crippen LogP contribution in [0.25, 0.3) is 11.0 Å². The molecule has 3 rings (SSSR count). The Hall–Kier alpha value is -1.28. The zero-order valence-corrected chi connectivity index (χ0v) is 7.94. The van der Waals surface area contributed by atoms with Crippen molar-refractivity contribution >= 4 is 11.0 Å². The van der Waals surface area contributed by atoms with Gasteiger partial charge in [0.1, 0.15) is 5.58 Å². The fourth-order valence-electron chi connectivity index (χ4n) is 2.02. The van der Waals surface area contributed by atoms with E-state index < -0.39 is 0 Å². The first-order chi connectivity index (χ1) is 6.86. The predicted octanol–water partition coefficient (Wildman–Crippen LogP) is 2.84. The van der Waals surface area contributed by atoms with E-state index in [9.17, 15) is 0 Å². The second-order valence-corrected chi connectivity index (χ2v) is 4.04. The molecule has 2 nitrogen and oxygen atoms in total. The van der Waals surface area contributed by atoms with Gasteiger partial charge in [0.05, 0.1) is 6.26 Å². The van der Waals surface area contributed by atoms with Crippen LogP contribution in [0, 0.1) is 5.92 Å². The van der Waals surface area contributed by atoms with Crippen LogP contribution < -0.4 is 5.73 Å². The molecule has 1 aliphatic carbocycles. The molecule has 1 fully saturated rings. The summed E-state index contributed by atoms with van der Waals surface area (Å²) in [5, 5.41) is 1.17. The van der Waals surface area contributed by atoms with Crippen molar-refractivity contribution in [1.29, 1.82) is 0 Å². The van der Waals surface area contributed by atoms with E-state index in [2.05, 4.69) is 6.07 Å². The Kier molecular flexibility index (Phi) is 1.64. The van der Waals surface area contributed by atoms with Gasteiger partial charge in [-0.3, -0.25) is 0 Å². The van der Waals surface area contributed by atoms with Gasteiger partial charge in [-0.15, -0.1) is 0 Å². The third kappa shape index (κ3) is 1.15. The van der Waals surface area contributed by atoms with Crippen LogP contribution in [0.1, 0.15) is 24.4 Å². The normalized spacial score (nSPS) is 18.6. The first-order valence-electron chi connectivity index (χ1n) is 5.08. The summed E-state index contributed by atoms with van der Waals surface area (Å²) in [5.74, 6) is 0.690. The van der Waals surface area contributed by atoms with Crippen LogP contribution in [-0.4, -0.2) is 0 Å². The Bertz CT molecular complexity index is 456. The van der Waals surface area contributed by atoms with Gasteiger partial charge in [0, 0.05) is 11.4 Å². The lowest BCUT2D eigenvalue weighted by atomic mass is 10.00. The number of furan rings is 1. The summed E-state index contributed by atoms with van der Waals surface area (Å²) in [6, 6.07) is 8.31. The topological polar surface area (TPSA) is 39.2 Å². The summed E-state index contributed by atoms with van der Waals surface area (Å²) in [4.78, 5) is 0. The molecule has 72 valence electrons. The lowest BCUT2D eigenvalue weighted by molar-refractivity contribution is 0.613. The molecule has 1 atom stereocenters. The molecular formula is C12H13NO. The highest BCUT2D eigenvalue weighted by molar-refractivity contribution is 5.81. The molecule has 2 heteroatoms. The zero-order chi connectivity index (χ0) is 9.54. The van der Waals surface area contributed by atoms with Crippen molar-refractivity contribution in [3.63, 3.8) is 0 Å². The van der Waals surface area contributed by atoms with Crippen LogP contribution in [0.4, 0.5) is 0 Å². The van der Waals surface area contributed by atoms with Crippen molar-refractivity contribution in [2.24, 2.45) is 11.7 Å². The largest absolute Gasteiger partial charge is 0.464 e. The van der Waals surface area contributed by atoms with E-state index in [0.29, 0.717) is 5.92 Å². The van der Waals surface area contributed by atoms with E-state index >= 15 is 0 Å². The highest BCUT2D eigenvalue weighted by Gasteiger charge is 2.30. The van der Waals surface area contributed by atoms with Crippen molar-refractivity contribution in [1.82, 2.24) is 0 Å². The summed E-state index contributed by atoms with van der Waals surface area (Å²) < 4.78 is 5.35. The molecule has 1 heterocycles. The third-order valence-electron chi connectivity index (χ3n) is 3.02. The van der Waals surface area contributed by atoms with Gasteiger partial charge in [-0.05, 0) is 36.5 Å². The standard InChI is InChI=1S/C12H13NO/c13-12(8-4-5-8)10-2-1-3-11-9(10)6-7-14-11/h1-3,6-8,12H,4-5,13H2. The predicted molar refractivity (Wildman–Crippen MR) is 55.9 cm³/mol. The average molecular weight is 187 g/mol. The summed E-state index contributed by atoms with van der Waals surface area (Å²) in [5.41, 5.74) is 8.36. The van der Waals surface area contributed by atoms with Gasteiger partial charge < -0.3 is 10.2 Å². The van der Waals surface area contributed by atoms with Gasteiger partial charge >= 0.3 is 0 Å². The van der Waals surface area contributed by atoms with Crippen LogP contribution in [0.15, 0.2) is 34.9 Å². The Morgan fingerprint density at radius 2 is 2.14 bits per heavy atom. The minimum absolute atomic E-state index is 0.191. The van der Waals surface area contributed by atoms with Crippen molar-refractivity contribution in [3.05, 3.63) is 36.1 Å². The van der Waals surface area contributed by atoms with Gasteiger partial charge in [-0.1, -0.05) is 12.1 Å². The molecule has 2 N–H and O–H groups in total. The van der Waals surface area contributed by atoms with Gasteiger partial charge in [0.2, 0.25) is 0 Å². The highest BCUT2D eigenvalue weighted by Crippen LogP contribution is 2.41. The Balaban J connectivity index is 2.14. The zero-order valence-electron chi connectivity index (χ0n) is 7.94. The first-order valence-corrected chi connectivity index (χ1v) is 5.08. The average Bonchev–Trinajstić information content (AvgIpc) is 2.94. The SMILES string of the molecule is NC(c1cccc2occc12)C1CC1. The maximum absolute atomic E-state index is 6.18. The van der Waals surface area contributed by atoms with E-state index in [1.165, 1.54) is 23.8 Å². The molecule has 1 saturated carbocycles. The number of rotatable bonds is 2. The van der Waals surface area contributed by atoms with Crippen molar-refractivity contribution < 1.29 is 4.42 Å². The minimum Gasteiger partial charge on any atom is -0.464 e. The number of nitrogens with two attached hydrogens (primary N) is 1. The number of hydrogen-bond donors (Lipinski definition) is 1. The van der Waals surface area contributed by atoms with E-state index in [0.717, 1.165) is 5.58 Å². The summed E-state index contributed by atoms with van der Waals surface area (Å²) >= 11 is 0. The molecule has 0 aliphatic heterocycles. The van der Waals surface area contributed by atoms with Crippen LogP contribution in [0.3, 0.4) is 0 Å². The molecule has 0 amide bonds. The molecule has 0 saturated heterocycles. The highest BCUT2D eigenvalue weighted by atomic mass is 16.3. The van der Waals surface area contributed by atoms with Gasteiger partial charge in [-0.2, -0.15) is 0 Å². The molecule has 14 heavy (non-hydrogen) atoms. The quantitative estimate of drug-likeness (QED) is 0.785. The molecule has 1 aromatic carbocycles. The minimum atomic E-state index is 0.191. The maximum Gasteiger partial charge on any atom is 0.134 e. The number of benzene rings is 1. The van der Waals surface area contributed by atoms with Gasteiger partial charge in [0.15, 0.2) is 0 Å². The fraction of sp³-hybridized carbons (Fsp3) is 0.333. The first kappa shape index (κ1) is 8.06. The summed E-state index contributed by atoms with van der Waals surface area (Å²) in [6.45, 7) is 0. The smallest absolute Gasteiger partial charge is 0.134 e. The lowest BCUT2D eigenvalue weighted by Gasteiger charge is -2.11. The van der Waals surface area contributed by atoms with Crippen molar-refractivity contribution in [3.8, 4) is 0 Å². The van der Waals surface area contributed by atoms with E-state index in [1.54, 1.807) is 6.26 Å². The van der Waals surface area contributed by atoms with Crippen LogP contribution in [-0.2, 0) is 0 Å². The van der Waals surface area contributed by atoms with Crippen LogP contribution in [0.2, 0.25) is 0 Å². The van der Waals surface area contributed by atoms with Gasteiger partial charge in [0.25, 0.3) is 0 Å². The fourth-order valence-corrected chi connectivity index (χ4v) is 2.02. The van der Waals surface area contributed by atoms with Crippen LogP contribution >= 0.6 is 0 Å². The third-order valence-corrected chi connectivity index (χ3v) is 3.02. The van der Waals surface area contributed by atoms with Crippen LogP contribution in [0.5, 0.6) is 0 Å². The molecule has 2 aromatic rings. The number of hydrogen-bond acceptors (Lipinski definition) is 2. The van der Waals surface area contributed by atoms with E-state index in [-0.39, 0.29) is 6.04 Å². The summed E-state index contributed by atoms with van der Waals surface area (Å²) in [7, 11) is 0. The number of fused-ring (bicyclic) bond motifs is 1. The monoisotopic (exact) mass is 187 g/mol. The molecule has 0 radical (unpaired) electrons. The lowest BCUT2D eigenvalue weighted by Crippen LogP contribution is -2.12. The molecule has 1 aromatic heterocycles. The second-order valence-electron chi connectivity index (χ2n) is 4.04. The molecular weight excluding hydrogens is 174 g/mol.